The maximum atomic E-state index is 13.8. The molecule has 8 heteroatoms. The van der Waals surface area contributed by atoms with E-state index in [2.05, 4.69) is 10.4 Å². The predicted molar refractivity (Wildman–Crippen MR) is 104 cm³/mol. The van der Waals surface area contributed by atoms with E-state index in [0.717, 1.165) is 4.90 Å². The molecule has 0 unspecified atom stereocenters. The van der Waals surface area contributed by atoms with E-state index in [-0.39, 0.29) is 23.2 Å². The van der Waals surface area contributed by atoms with Crippen LogP contribution in [-0.4, -0.2) is 21.9 Å². The first kappa shape index (κ1) is 18.8. The van der Waals surface area contributed by atoms with Crippen LogP contribution in [0.4, 0.5) is 10.2 Å². The second-order valence-corrected chi connectivity index (χ2v) is 7.11. The summed E-state index contributed by atoms with van der Waals surface area (Å²) in [5, 5.41) is 7.46. The van der Waals surface area contributed by atoms with Crippen molar-refractivity contribution in [2.45, 2.75) is 11.4 Å². The Morgan fingerprint density at radius 1 is 1.23 bits per heavy atom. The molecule has 1 aromatic heterocycles. The second kappa shape index (κ2) is 8.12. The predicted octanol–water partition coefficient (Wildman–Crippen LogP) is 5.35. The van der Waals surface area contributed by atoms with Crippen LogP contribution in [0.25, 0.3) is 0 Å². The summed E-state index contributed by atoms with van der Waals surface area (Å²) in [5.74, 6) is -0.548. The van der Waals surface area contributed by atoms with Crippen molar-refractivity contribution in [3.8, 4) is 0 Å². The van der Waals surface area contributed by atoms with Gasteiger partial charge in [0.05, 0.1) is 17.1 Å². The minimum Gasteiger partial charge on any atom is -0.304 e. The van der Waals surface area contributed by atoms with Crippen molar-refractivity contribution in [3.05, 3.63) is 75.7 Å². The van der Waals surface area contributed by atoms with Crippen molar-refractivity contribution in [2.75, 3.05) is 11.6 Å². The minimum absolute atomic E-state index is 0.193. The largest absolute Gasteiger partial charge is 0.304 e. The lowest BCUT2D eigenvalue weighted by Gasteiger charge is -2.07. The molecule has 0 radical (unpaired) electrons. The third kappa shape index (κ3) is 4.20. The molecule has 26 heavy (non-hydrogen) atoms. The highest BCUT2D eigenvalue weighted by Gasteiger charge is 2.16. The molecular weight excluding hydrogens is 396 g/mol. The Labute approximate surface area is 164 Å². The van der Waals surface area contributed by atoms with E-state index in [1.807, 2.05) is 12.3 Å². The fraction of sp³-hybridized carbons (Fsp3) is 0.111. The molecule has 0 saturated carbocycles. The Morgan fingerprint density at radius 2 is 2.00 bits per heavy atom. The highest BCUT2D eigenvalue weighted by Crippen LogP contribution is 2.26. The summed E-state index contributed by atoms with van der Waals surface area (Å²) in [5.41, 5.74) is 0.804. The number of thioether (sulfide) groups is 1. The zero-order valence-electron chi connectivity index (χ0n) is 13.7. The number of benzene rings is 2. The summed E-state index contributed by atoms with van der Waals surface area (Å²) in [6.45, 7) is 0.199. The molecule has 0 aliphatic heterocycles. The van der Waals surface area contributed by atoms with Crippen molar-refractivity contribution >= 4 is 46.7 Å². The average Bonchev–Trinajstić information content (AvgIpc) is 2.96. The first-order valence-corrected chi connectivity index (χ1v) is 9.57. The SMILES string of the molecule is CSc1ccc(Cl)c(C(=O)Nc2nn(Cc3ccccc3F)cc2Cl)c1. The van der Waals surface area contributed by atoms with E-state index in [9.17, 15) is 9.18 Å². The summed E-state index contributed by atoms with van der Waals surface area (Å²) < 4.78 is 15.2. The van der Waals surface area contributed by atoms with E-state index < -0.39 is 5.91 Å². The Kier molecular flexibility index (Phi) is 5.86. The smallest absolute Gasteiger partial charge is 0.258 e. The molecule has 4 nitrogen and oxygen atoms in total. The summed E-state index contributed by atoms with van der Waals surface area (Å²) >= 11 is 13.8. The molecule has 1 N–H and O–H groups in total. The van der Waals surface area contributed by atoms with Crippen molar-refractivity contribution < 1.29 is 9.18 Å². The first-order valence-electron chi connectivity index (χ1n) is 7.59. The molecule has 0 aliphatic rings. The van der Waals surface area contributed by atoms with E-state index in [1.165, 1.54) is 28.7 Å². The van der Waals surface area contributed by atoms with Gasteiger partial charge in [0.1, 0.15) is 10.8 Å². The summed E-state index contributed by atoms with van der Waals surface area (Å²) in [6.07, 6.45) is 3.44. The van der Waals surface area contributed by atoms with Crippen LogP contribution >= 0.6 is 35.0 Å². The van der Waals surface area contributed by atoms with Crippen LogP contribution in [0.5, 0.6) is 0 Å². The summed E-state index contributed by atoms with van der Waals surface area (Å²) in [6, 6.07) is 11.6. The van der Waals surface area contributed by atoms with Gasteiger partial charge in [0.25, 0.3) is 5.91 Å². The number of nitrogens with zero attached hydrogens (tertiary/aromatic N) is 2. The molecule has 0 saturated heterocycles. The van der Waals surface area contributed by atoms with Gasteiger partial charge in [-0.1, -0.05) is 41.4 Å². The number of halogens is 3. The Bertz CT molecular complexity index is 961. The Hall–Kier alpha value is -2.02. The molecule has 0 spiro atoms. The fourth-order valence-corrected chi connectivity index (χ4v) is 3.19. The molecule has 0 aliphatic carbocycles. The van der Waals surface area contributed by atoms with Gasteiger partial charge in [0.2, 0.25) is 0 Å². The van der Waals surface area contributed by atoms with Crippen LogP contribution in [0.2, 0.25) is 10.0 Å². The van der Waals surface area contributed by atoms with Crippen molar-refractivity contribution in [1.29, 1.82) is 0 Å². The molecular formula is C18H14Cl2FN3OS. The first-order chi connectivity index (χ1) is 12.5. The third-order valence-corrected chi connectivity index (χ3v) is 4.99. The maximum absolute atomic E-state index is 13.8. The molecule has 0 fully saturated rings. The number of rotatable bonds is 5. The van der Waals surface area contributed by atoms with E-state index in [1.54, 1.807) is 30.3 Å². The quantitative estimate of drug-likeness (QED) is 0.577. The monoisotopic (exact) mass is 409 g/mol. The minimum atomic E-state index is -0.413. The van der Waals surface area contributed by atoms with Gasteiger partial charge >= 0.3 is 0 Å². The summed E-state index contributed by atoms with van der Waals surface area (Å²) in [7, 11) is 0. The molecule has 0 atom stereocenters. The second-order valence-electron chi connectivity index (χ2n) is 5.41. The van der Waals surface area contributed by atoms with E-state index in [4.69, 9.17) is 23.2 Å². The number of amides is 1. The molecule has 0 bridgehead atoms. The van der Waals surface area contributed by atoms with Gasteiger partial charge in [-0.2, -0.15) is 5.10 Å². The molecule has 2 aromatic carbocycles. The lowest BCUT2D eigenvalue weighted by molar-refractivity contribution is 0.102. The van der Waals surface area contributed by atoms with Gasteiger partial charge in [-0.05, 0) is 30.5 Å². The van der Waals surface area contributed by atoms with E-state index >= 15 is 0 Å². The van der Waals surface area contributed by atoms with Crippen LogP contribution in [0.1, 0.15) is 15.9 Å². The lowest BCUT2D eigenvalue weighted by atomic mass is 10.2. The topological polar surface area (TPSA) is 46.9 Å². The zero-order chi connectivity index (χ0) is 18.7. The van der Waals surface area contributed by atoms with Crippen LogP contribution in [-0.2, 0) is 6.54 Å². The van der Waals surface area contributed by atoms with Crippen molar-refractivity contribution in [2.24, 2.45) is 0 Å². The zero-order valence-corrected chi connectivity index (χ0v) is 16.0. The fourth-order valence-electron chi connectivity index (χ4n) is 2.34. The van der Waals surface area contributed by atoms with Crippen molar-refractivity contribution in [1.82, 2.24) is 9.78 Å². The highest BCUT2D eigenvalue weighted by molar-refractivity contribution is 7.98. The van der Waals surface area contributed by atoms with Crippen LogP contribution in [0, 0.1) is 5.82 Å². The number of carbonyl (C=O) groups is 1. The third-order valence-electron chi connectivity index (χ3n) is 3.66. The maximum Gasteiger partial charge on any atom is 0.258 e. The number of nitrogens with one attached hydrogen (secondary N) is 1. The number of aromatic nitrogens is 2. The van der Waals surface area contributed by atoms with Gasteiger partial charge in [0.15, 0.2) is 5.82 Å². The number of hydrogen-bond acceptors (Lipinski definition) is 3. The number of carbonyl (C=O) groups excluding carboxylic acids is 1. The number of hydrogen-bond donors (Lipinski definition) is 1. The lowest BCUT2D eigenvalue weighted by Crippen LogP contribution is -2.14. The molecule has 1 heterocycles. The molecule has 3 rings (SSSR count). The molecule has 1 amide bonds. The van der Waals surface area contributed by atoms with Gasteiger partial charge < -0.3 is 5.32 Å². The molecule has 134 valence electrons. The van der Waals surface area contributed by atoms with Crippen molar-refractivity contribution in [3.63, 3.8) is 0 Å². The van der Waals surface area contributed by atoms with Gasteiger partial charge in [-0.3, -0.25) is 9.48 Å². The molecule has 3 aromatic rings. The summed E-state index contributed by atoms with van der Waals surface area (Å²) in [4.78, 5) is 13.4. The normalized spacial score (nSPS) is 10.8. The van der Waals surface area contributed by atoms with Gasteiger partial charge in [-0.15, -0.1) is 11.8 Å². The average molecular weight is 410 g/mol. The standard InChI is InChI=1S/C18H14Cl2FN3OS/c1-26-12-6-7-14(19)13(8-12)18(25)22-17-15(20)10-24(23-17)9-11-4-2-3-5-16(11)21/h2-8,10H,9H2,1H3,(H,22,23,25). The Balaban J connectivity index is 1.80. The van der Waals surface area contributed by atoms with Gasteiger partial charge in [0, 0.05) is 16.7 Å². The van der Waals surface area contributed by atoms with Gasteiger partial charge in [-0.25, -0.2) is 4.39 Å². The highest BCUT2D eigenvalue weighted by atomic mass is 35.5. The van der Waals surface area contributed by atoms with Crippen LogP contribution < -0.4 is 5.32 Å². The number of anilines is 1. The Morgan fingerprint density at radius 3 is 2.73 bits per heavy atom. The van der Waals surface area contributed by atoms with Crippen LogP contribution in [0.3, 0.4) is 0 Å². The van der Waals surface area contributed by atoms with Crippen LogP contribution in [0.15, 0.2) is 53.6 Å². The van der Waals surface area contributed by atoms with E-state index in [0.29, 0.717) is 16.1 Å².